The van der Waals surface area contributed by atoms with Gasteiger partial charge in [0.05, 0.1) is 27.6 Å². The van der Waals surface area contributed by atoms with Crippen LogP contribution in [0.5, 0.6) is 0 Å². The van der Waals surface area contributed by atoms with E-state index in [1.807, 2.05) is 6.07 Å². The van der Waals surface area contributed by atoms with Gasteiger partial charge in [-0.25, -0.2) is 13.4 Å². The zero-order valence-electron chi connectivity index (χ0n) is 25.0. The highest BCUT2D eigenvalue weighted by molar-refractivity contribution is 7.94. The number of aromatic nitrogens is 1. The molecule has 3 rings (SSSR count). The van der Waals surface area contributed by atoms with Crippen molar-refractivity contribution >= 4 is 64.5 Å². The highest BCUT2D eigenvalue weighted by Crippen LogP contribution is 2.37. The van der Waals surface area contributed by atoms with Crippen LogP contribution >= 0.6 is 0 Å². The van der Waals surface area contributed by atoms with Crippen LogP contribution in [0.1, 0.15) is 17.5 Å². The number of hydrogen-bond acceptors (Lipinski definition) is 15. The first-order chi connectivity index (χ1) is 22.1. The molecule has 0 bridgehead atoms. The minimum absolute atomic E-state index is 0.00150. The smallest absolute Gasteiger partial charge is 0.296 e. The fourth-order valence-corrected chi connectivity index (χ4v) is 5.46. The number of methoxy groups -OCH3 is 1. The molecule has 0 fully saturated rings. The minimum Gasteiger partial charge on any atom is -0.385 e. The minimum atomic E-state index is -4.88. The predicted octanol–water partition coefficient (Wildman–Crippen LogP) is 5.00. The Morgan fingerprint density at radius 2 is 1.55 bits per heavy atom. The van der Waals surface area contributed by atoms with Gasteiger partial charge in [-0.15, -0.1) is 10.2 Å². The van der Waals surface area contributed by atoms with Crippen molar-refractivity contribution in [2.45, 2.75) is 23.1 Å². The summed E-state index contributed by atoms with van der Waals surface area (Å²) < 4.78 is 94.9. The summed E-state index contributed by atoms with van der Waals surface area (Å²) in [6.07, 6.45) is 0.595. The van der Waals surface area contributed by atoms with Crippen molar-refractivity contribution in [1.82, 2.24) is 4.98 Å². The second-order valence-corrected chi connectivity index (χ2v) is 14.4. The zero-order chi connectivity index (χ0) is 34.8. The fraction of sp³-hybridized carbons (Fsp3) is 0.259. The van der Waals surface area contributed by atoms with Gasteiger partial charge in [0.2, 0.25) is 0 Å². The van der Waals surface area contributed by atoms with Crippen molar-refractivity contribution in [1.29, 1.82) is 5.26 Å². The van der Waals surface area contributed by atoms with E-state index in [4.69, 9.17) is 9.29 Å². The SMILES string of the molecule is C=CS(=O)(=O)CCNc1nc(NCCCOC)c(C#N)c(C)c1/N=N/c1ccc(/N=N/c2ccc(S(=O)(=O)O)cc2)cc1S(=O)(=O)O. The van der Waals surface area contributed by atoms with Gasteiger partial charge in [-0.3, -0.25) is 9.11 Å². The molecule has 20 heteroatoms. The molecule has 0 aliphatic heterocycles. The van der Waals surface area contributed by atoms with Crippen LogP contribution < -0.4 is 10.6 Å². The molecule has 0 unspecified atom stereocenters. The molecule has 1 aromatic heterocycles. The standard InChI is InChI=1S/C27H30N8O9S3/c1-4-45(36,37)15-13-30-27-25(18(2)22(17-28)26(31-27)29-12-5-14-44-3)35-34-23-11-8-20(16-24(23)47(41,42)43)33-32-19-6-9-21(10-7-19)46(38,39)40/h4,6-11,16H,1,5,12-15H2,2-3H3,(H2,29,30,31)(H,38,39,40)(H,41,42,43)/b33-32+,35-34+. The lowest BCUT2D eigenvalue weighted by molar-refractivity contribution is 0.197. The van der Waals surface area contributed by atoms with Crippen LogP contribution in [0.2, 0.25) is 0 Å². The Morgan fingerprint density at radius 1 is 0.915 bits per heavy atom. The molecule has 4 N–H and O–H groups in total. The van der Waals surface area contributed by atoms with Crippen LogP contribution in [-0.2, 0) is 34.8 Å². The van der Waals surface area contributed by atoms with E-state index in [1.54, 1.807) is 14.0 Å². The maximum absolute atomic E-state index is 12.3. The fourth-order valence-electron chi connectivity index (χ4n) is 3.78. The molecule has 0 atom stereocenters. The number of hydrogen-bond donors (Lipinski definition) is 4. The van der Waals surface area contributed by atoms with Crippen molar-refractivity contribution in [3.63, 3.8) is 0 Å². The topological polar surface area (TPSA) is 262 Å². The van der Waals surface area contributed by atoms with Gasteiger partial charge in [-0.1, -0.05) is 6.58 Å². The maximum atomic E-state index is 12.3. The van der Waals surface area contributed by atoms with Crippen LogP contribution in [-0.4, -0.2) is 71.9 Å². The molecule has 0 aliphatic rings. The van der Waals surface area contributed by atoms with E-state index in [1.165, 1.54) is 24.3 Å². The van der Waals surface area contributed by atoms with E-state index in [0.29, 0.717) is 19.6 Å². The van der Waals surface area contributed by atoms with E-state index in [9.17, 15) is 35.1 Å². The molecular weight excluding hydrogens is 677 g/mol. The molecule has 17 nitrogen and oxygen atoms in total. The molecule has 0 radical (unpaired) electrons. The first-order valence-electron chi connectivity index (χ1n) is 13.4. The summed E-state index contributed by atoms with van der Waals surface area (Å²) in [5.41, 5.74) is 0.213. The van der Waals surface area contributed by atoms with E-state index < -0.39 is 35.0 Å². The van der Waals surface area contributed by atoms with E-state index in [2.05, 4.69) is 42.7 Å². The number of rotatable bonds is 16. The van der Waals surface area contributed by atoms with Gasteiger partial charge in [0.25, 0.3) is 20.2 Å². The molecule has 0 saturated heterocycles. The third kappa shape index (κ3) is 10.4. The Labute approximate surface area is 271 Å². The number of ether oxygens (including phenoxy) is 1. The Hall–Kier alpha value is -4.65. The normalized spacial score (nSPS) is 12.3. The number of nitrogens with one attached hydrogen (secondary N) is 2. The van der Waals surface area contributed by atoms with Gasteiger partial charge in [-0.2, -0.15) is 32.3 Å². The van der Waals surface area contributed by atoms with E-state index in [0.717, 1.165) is 23.6 Å². The number of benzene rings is 2. The quantitative estimate of drug-likeness (QED) is 0.0868. The zero-order valence-corrected chi connectivity index (χ0v) is 27.5. The Bertz CT molecular complexity index is 2060. The van der Waals surface area contributed by atoms with Crippen molar-refractivity contribution in [3.05, 3.63) is 65.6 Å². The van der Waals surface area contributed by atoms with Gasteiger partial charge < -0.3 is 15.4 Å². The molecular formula is C27H30N8O9S3. The van der Waals surface area contributed by atoms with Gasteiger partial charge >= 0.3 is 0 Å². The summed E-state index contributed by atoms with van der Waals surface area (Å²) in [7, 11) is -11.3. The van der Waals surface area contributed by atoms with Crippen LogP contribution in [0.25, 0.3) is 0 Å². The number of nitrogens with zero attached hydrogens (tertiary/aromatic N) is 6. The van der Waals surface area contributed by atoms with Gasteiger partial charge in [0, 0.05) is 37.8 Å². The van der Waals surface area contributed by atoms with E-state index >= 15 is 0 Å². The lowest BCUT2D eigenvalue weighted by atomic mass is 10.1. The van der Waals surface area contributed by atoms with Crippen molar-refractivity contribution < 1.29 is 39.1 Å². The number of pyridine rings is 1. The molecule has 47 heavy (non-hydrogen) atoms. The molecule has 2 aromatic carbocycles. The highest BCUT2D eigenvalue weighted by Gasteiger charge is 2.20. The largest absolute Gasteiger partial charge is 0.385 e. The Kier molecular flexibility index (Phi) is 12.3. The van der Waals surface area contributed by atoms with Crippen LogP contribution in [0.4, 0.5) is 34.4 Å². The second-order valence-electron chi connectivity index (χ2n) is 9.50. The third-order valence-electron chi connectivity index (χ3n) is 6.17. The highest BCUT2D eigenvalue weighted by atomic mass is 32.2. The van der Waals surface area contributed by atoms with Gasteiger partial charge in [0.1, 0.15) is 28.2 Å². The monoisotopic (exact) mass is 706 g/mol. The molecule has 0 spiro atoms. The number of azo groups is 2. The Morgan fingerprint density at radius 3 is 2.15 bits per heavy atom. The van der Waals surface area contributed by atoms with E-state index in [-0.39, 0.29) is 62.7 Å². The van der Waals surface area contributed by atoms with Gasteiger partial charge in [-0.05, 0) is 55.8 Å². The summed E-state index contributed by atoms with van der Waals surface area (Å²) >= 11 is 0. The molecule has 250 valence electrons. The van der Waals surface area contributed by atoms with Crippen LogP contribution in [0.15, 0.2) is 84.7 Å². The molecule has 0 saturated carbocycles. The van der Waals surface area contributed by atoms with Crippen LogP contribution in [0.3, 0.4) is 0 Å². The number of nitriles is 1. The lowest BCUT2D eigenvalue weighted by Gasteiger charge is -2.15. The molecule has 0 aliphatic carbocycles. The molecule has 0 amide bonds. The Balaban J connectivity index is 2.03. The second kappa shape index (κ2) is 15.8. The maximum Gasteiger partial charge on any atom is 0.296 e. The summed E-state index contributed by atoms with van der Waals surface area (Å²) in [6, 6.07) is 10.2. The van der Waals surface area contributed by atoms with Crippen molar-refractivity contribution in [3.8, 4) is 6.07 Å². The molecule has 3 aromatic rings. The van der Waals surface area contributed by atoms with Crippen LogP contribution in [0, 0.1) is 18.3 Å². The summed E-state index contributed by atoms with van der Waals surface area (Å²) in [6.45, 7) is 5.56. The first-order valence-corrected chi connectivity index (χ1v) is 18.0. The first kappa shape index (κ1) is 36.8. The average molecular weight is 707 g/mol. The lowest BCUT2D eigenvalue weighted by Crippen LogP contribution is -2.16. The number of sulfone groups is 1. The van der Waals surface area contributed by atoms with Gasteiger partial charge in [0.15, 0.2) is 15.7 Å². The summed E-state index contributed by atoms with van der Waals surface area (Å²) in [4.78, 5) is 3.37. The van der Waals surface area contributed by atoms with Crippen molar-refractivity contribution in [2.75, 3.05) is 43.2 Å². The third-order valence-corrected chi connectivity index (χ3v) is 9.20. The summed E-state index contributed by atoms with van der Waals surface area (Å²) in [5.74, 6) is -0.106. The molecule has 1 heterocycles. The predicted molar refractivity (Wildman–Crippen MR) is 172 cm³/mol. The van der Waals surface area contributed by atoms with Crippen molar-refractivity contribution in [2.24, 2.45) is 20.5 Å². The number of anilines is 2. The average Bonchev–Trinajstić information content (AvgIpc) is 3.01. The summed E-state index contributed by atoms with van der Waals surface area (Å²) in [5, 5.41) is 32.5.